The van der Waals surface area contributed by atoms with Crippen molar-refractivity contribution in [3.63, 3.8) is 0 Å². The van der Waals surface area contributed by atoms with Crippen molar-refractivity contribution in [2.24, 2.45) is 0 Å². The van der Waals surface area contributed by atoms with Crippen LogP contribution in [0.15, 0.2) is 23.0 Å². The van der Waals surface area contributed by atoms with Gasteiger partial charge in [-0.15, -0.1) is 11.3 Å². The number of carbonyl (C=O) groups excluding carboxylic acids is 1. The largest absolute Gasteiger partial charge is 0.467 e. The van der Waals surface area contributed by atoms with E-state index in [9.17, 15) is 4.79 Å². The summed E-state index contributed by atoms with van der Waals surface area (Å²) < 4.78 is 5.96. The van der Waals surface area contributed by atoms with E-state index in [1.807, 2.05) is 23.3 Å². The molecule has 140 valence electrons. The van der Waals surface area contributed by atoms with E-state index < -0.39 is 0 Å². The maximum Gasteiger partial charge on any atom is 0.273 e. The van der Waals surface area contributed by atoms with Gasteiger partial charge in [0.25, 0.3) is 11.1 Å². The van der Waals surface area contributed by atoms with Crippen LogP contribution in [-0.2, 0) is 0 Å². The first-order valence-corrected chi connectivity index (χ1v) is 11.1. The normalized spacial score (nSPS) is 20.4. The van der Waals surface area contributed by atoms with Crippen LogP contribution in [0.3, 0.4) is 0 Å². The van der Waals surface area contributed by atoms with Gasteiger partial charge < -0.3 is 9.64 Å². The van der Waals surface area contributed by atoms with Crippen molar-refractivity contribution in [1.29, 1.82) is 0 Å². The molecule has 0 unspecified atom stereocenters. The van der Waals surface area contributed by atoms with E-state index in [2.05, 4.69) is 15.3 Å². The van der Waals surface area contributed by atoms with E-state index in [0.717, 1.165) is 61.9 Å². The minimum Gasteiger partial charge on any atom is -0.467 e. The molecule has 0 spiro atoms. The topological polar surface area (TPSA) is 45.7 Å². The standard InChI is InChI=1S/C19H25N3O2S2/c1-14-12-17(26-13-14)18(23)22-7-2-15(3-8-22)21-9-4-16(5-10-21)24-19-20-6-11-25-19/h6,11-13,15-16H,2-5,7-10H2,1H3. The molecule has 2 fully saturated rings. The summed E-state index contributed by atoms with van der Waals surface area (Å²) in [6.45, 7) is 5.95. The van der Waals surface area contributed by atoms with Gasteiger partial charge in [0.1, 0.15) is 6.10 Å². The maximum atomic E-state index is 12.6. The predicted molar refractivity (Wildman–Crippen MR) is 105 cm³/mol. The van der Waals surface area contributed by atoms with Gasteiger partial charge in [0, 0.05) is 43.8 Å². The van der Waals surface area contributed by atoms with Crippen molar-refractivity contribution in [3.05, 3.63) is 33.5 Å². The molecular formula is C19H25N3O2S2. The number of aromatic nitrogens is 1. The molecule has 4 rings (SSSR count). The molecule has 0 saturated carbocycles. The SMILES string of the molecule is Cc1csc(C(=O)N2CCC(N3CCC(Oc4nccs4)CC3)CC2)c1. The summed E-state index contributed by atoms with van der Waals surface area (Å²) in [7, 11) is 0. The summed E-state index contributed by atoms with van der Waals surface area (Å²) in [5, 5.41) is 4.80. The number of hydrogen-bond acceptors (Lipinski definition) is 6. The molecule has 2 saturated heterocycles. The van der Waals surface area contributed by atoms with Gasteiger partial charge in [-0.2, -0.15) is 0 Å². The lowest BCUT2D eigenvalue weighted by atomic mass is 9.98. The minimum atomic E-state index is 0.206. The Morgan fingerprint density at radius 3 is 2.54 bits per heavy atom. The van der Waals surface area contributed by atoms with Crippen molar-refractivity contribution < 1.29 is 9.53 Å². The summed E-state index contributed by atoms with van der Waals surface area (Å²) >= 11 is 3.13. The maximum absolute atomic E-state index is 12.6. The Labute approximate surface area is 162 Å². The molecule has 0 aromatic carbocycles. The average Bonchev–Trinajstić information content (AvgIpc) is 3.34. The van der Waals surface area contributed by atoms with E-state index in [4.69, 9.17) is 4.74 Å². The number of amides is 1. The highest BCUT2D eigenvalue weighted by Gasteiger charge is 2.30. The van der Waals surface area contributed by atoms with Crippen LogP contribution in [0.1, 0.15) is 40.9 Å². The van der Waals surface area contributed by atoms with Gasteiger partial charge in [0.05, 0.1) is 4.88 Å². The van der Waals surface area contributed by atoms with Gasteiger partial charge in [-0.3, -0.25) is 9.69 Å². The van der Waals surface area contributed by atoms with Crippen LogP contribution in [0.2, 0.25) is 0 Å². The van der Waals surface area contributed by atoms with Crippen LogP contribution in [0.5, 0.6) is 5.19 Å². The van der Waals surface area contributed by atoms with Crippen molar-refractivity contribution in [3.8, 4) is 5.19 Å². The number of likely N-dealkylation sites (tertiary alicyclic amines) is 2. The Balaban J connectivity index is 1.23. The summed E-state index contributed by atoms with van der Waals surface area (Å²) in [6.07, 6.45) is 6.37. The highest BCUT2D eigenvalue weighted by atomic mass is 32.1. The van der Waals surface area contributed by atoms with Gasteiger partial charge in [-0.05, 0) is 49.6 Å². The van der Waals surface area contributed by atoms with Crippen LogP contribution in [0.4, 0.5) is 0 Å². The third kappa shape index (κ3) is 4.10. The lowest BCUT2D eigenvalue weighted by molar-refractivity contribution is 0.0427. The summed E-state index contributed by atoms with van der Waals surface area (Å²) in [6, 6.07) is 2.61. The van der Waals surface area contributed by atoms with E-state index in [-0.39, 0.29) is 5.91 Å². The molecule has 0 bridgehead atoms. The number of hydrogen-bond donors (Lipinski definition) is 0. The zero-order valence-electron chi connectivity index (χ0n) is 15.1. The molecule has 2 aliphatic heterocycles. The van der Waals surface area contributed by atoms with Gasteiger partial charge in [-0.1, -0.05) is 11.3 Å². The first kappa shape index (κ1) is 17.9. The molecule has 5 nitrogen and oxygen atoms in total. The van der Waals surface area contributed by atoms with E-state index in [0.29, 0.717) is 12.1 Å². The lowest BCUT2D eigenvalue weighted by Crippen LogP contribution is -2.50. The van der Waals surface area contributed by atoms with E-state index >= 15 is 0 Å². The molecular weight excluding hydrogens is 366 g/mol. The lowest BCUT2D eigenvalue weighted by Gasteiger charge is -2.41. The number of piperidine rings is 2. The second-order valence-electron chi connectivity index (χ2n) is 7.16. The molecule has 2 aromatic rings. The summed E-state index contributed by atoms with van der Waals surface area (Å²) in [4.78, 5) is 22.3. The average molecular weight is 392 g/mol. The van der Waals surface area contributed by atoms with Crippen LogP contribution in [0.25, 0.3) is 0 Å². The molecule has 0 atom stereocenters. The van der Waals surface area contributed by atoms with Crippen molar-refractivity contribution in [1.82, 2.24) is 14.8 Å². The van der Waals surface area contributed by atoms with E-state index in [1.165, 1.54) is 5.56 Å². The molecule has 2 aliphatic rings. The van der Waals surface area contributed by atoms with Crippen LogP contribution in [-0.4, -0.2) is 59.0 Å². The molecule has 7 heteroatoms. The number of rotatable bonds is 4. The third-order valence-corrected chi connectivity index (χ3v) is 7.06. The molecule has 0 radical (unpaired) electrons. The minimum absolute atomic E-state index is 0.206. The molecule has 1 amide bonds. The highest BCUT2D eigenvalue weighted by Crippen LogP contribution is 2.26. The van der Waals surface area contributed by atoms with Gasteiger partial charge in [0.2, 0.25) is 0 Å². The van der Waals surface area contributed by atoms with Crippen LogP contribution < -0.4 is 4.74 Å². The quantitative estimate of drug-likeness (QED) is 0.798. The molecule has 26 heavy (non-hydrogen) atoms. The monoisotopic (exact) mass is 391 g/mol. The number of thiazole rings is 1. The zero-order valence-corrected chi connectivity index (χ0v) is 16.7. The van der Waals surface area contributed by atoms with Crippen molar-refractivity contribution in [2.75, 3.05) is 26.2 Å². The predicted octanol–water partition coefficient (Wildman–Crippen LogP) is 3.66. The van der Waals surface area contributed by atoms with Gasteiger partial charge in [-0.25, -0.2) is 4.98 Å². The number of nitrogens with zero attached hydrogens (tertiary/aromatic N) is 3. The number of ether oxygens (including phenoxy) is 1. The number of carbonyl (C=O) groups is 1. The summed E-state index contributed by atoms with van der Waals surface area (Å²) in [5.74, 6) is 0.206. The van der Waals surface area contributed by atoms with Crippen molar-refractivity contribution >= 4 is 28.6 Å². The first-order chi connectivity index (χ1) is 12.7. The van der Waals surface area contributed by atoms with Crippen LogP contribution >= 0.6 is 22.7 Å². The number of aryl methyl sites for hydroxylation is 1. The highest BCUT2D eigenvalue weighted by molar-refractivity contribution is 7.12. The molecule has 0 aliphatic carbocycles. The molecule has 0 N–H and O–H groups in total. The van der Waals surface area contributed by atoms with E-state index in [1.54, 1.807) is 28.9 Å². The van der Waals surface area contributed by atoms with Crippen LogP contribution in [0, 0.1) is 6.92 Å². The zero-order chi connectivity index (χ0) is 17.9. The first-order valence-electron chi connectivity index (χ1n) is 9.33. The van der Waals surface area contributed by atoms with Gasteiger partial charge in [0.15, 0.2) is 0 Å². The fourth-order valence-corrected chi connectivity index (χ4v) is 5.32. The number of thiophene rings is 1. The molecule has 2 aromatic heterocycles. The van der Waals surface area contributed by atoms with Gasteiger partial charge >= 0.3 is 0 Å². The fourth-order valence-electron chi connectivity index (χ4n) is 3.90. The Bertz CT molecular complexity index is 715. The molecule has 4 heterocycles. The third-order valence-electron chi connectivity index (χ3n) is 5.36. The fraction of sp³-hybridized carbons (Fsp3) is 0.579. The Hall–Kier alpha value is -1.44. The Kier molecular flexibility index (Phi) is 5.57. The second kappa shape index (κ2) is 8.06. The summed E-state index contributed by atoms with van der Waals surface area (Å²) in [5.41, 5.74) is 1.18. The van der Waals surface area contributed by atoms with Crippen molar-refractivity contribution in [2.45, 2.75) is 44.8 Å². The second-order valence-corrected chi connectivity index (χ2v) is 8.93. The Morgan fingerprint density at radius 1 is 1.15 bits per heavy atom. The smallest absolute Gasteiger partial charge is 0.273 e. The Morgan fingerprint density at radius 2 is 1.92 bits per heavy atom.